The average Bonchev–Trinajstić information content (AvgIpc) is 2.84. The third-order valence-corrected chi connectivity index (χ3v) is 4.50. The molecule has 0 fully saturated rings. The summed E-state index contributed by atoms with van der Waals surface area (Å²) in [6.07, 6.45) is 2.09. The summed E-state index contributed by atoms with van der Waals surface area (Å²) in [5.74, 6) is 0.0902. The fourth-order valence-electron chi connectivity index (χ4n) is 2.32. The van der Waals surface area contributed by atoms with Gasteiger partial charge in [0.15, 0.2) is 0 Å². The minimum atomic E-state index is 0.0902. The zero-order valence-corrected chi connectivity index (χ0v) is 11.5. The minimum Gasteiger partial charge on any atom is -0.307 e. The molecule has 0 unspecified atom stereocenters. The van der Waals surface area contributed by atoms with E-state index in [2.05, 4.69) is 18.7 Å². The number of benzene rings is 1. The van der Waals surface area contributed by atoms with Crippen molar-refractivity contribution in [1.29, 1.82) is 0 Å². The summed E-state index contributed by atoms with van der Waals surface area (Å²) < 4.78 is 0. The summed E-state index contributed by atoms with van der Waals surface area (Å²) in [4.78, 5) is 16.0. The van der Waals surface area contributed by atoms with E-state index in [0.717, 1.165) is 34.8 Å². The molecule has 1 aromatic heterocycles. The molecule has 0 bridgehead atoms. The van der Waals surface area contributed by atoms with Crippen molar-refractivity contribution >= 4 is 35.6 Å². The fourth-order valence-corrected chi connectivity index (χ4v) is 3.41. The standard InChI is InChI=1S/C14H13NOS2/c16-14(13-8-11(17)9-18-13)15-7-3-5-10-4-1-2-6-12(10)15/h1-2,4,6,8-9,17H,3,5,7H2. The van der Waals surface area contributed by atoms with Crippen molar-refractivity contribution in [2.75, 3.05) is 11.4 Å². The Morgan fingerprint density at radius 3 is 2.94 bits per heavy atom. The normalized spacial score (nSPS) is 14.4. The molecule has 0 spiro atoms. The molecule has 3 rings (SSSR count). The van der Waals surface area contributed by atoms with E-state index in [1.807, 2.05) is 34.5 Å². The van der Waals surface area contributed by atoms with E-state index in [4.69, 9.17) is 0 Å². The van der Waals surface area contributed by atoms with Gasteiger partial charge in [0, 0.05) is 22.5 Å². The third kappa shape index (κ3) is 2.06. The molecule has 18 heavy (non-hydrogen) atoms. The Kier molecular flexibility index (Phi) is 3.14. The Balaban J connectivity index is 1.96. The van der Waals surface area contributed by atoms with Crippen LogP contribution in [0.25, 0.3) is 0 Å². The fraction of sp³-hybridized carbons (Fsp3) is 0.214. The second-order valence-electron chi connectivity index (χ2n) is 4.36. The molecule has 92 valence electrons. The van der Waals surface area contributed by atoms with Crippen molar-refractivity contribution in [1.82, 2.24) is 0 Å². The van der Waals surface area contributed by atoms with Gasteiger partial charge < -0.3 is 4.90 Å². The number of aryl methyl sites for hydroxylation is 1. The summed E-state index contributed by atoms with van der Waals surface area (Å²) in [5.41, 5.74) is 2.32. The first-order valence-electron chi connectivity index (χ1n) is 5.93. The number of carbonyl (C=O) groups is 1. The van der Waals surface area contributed by atoms with Crippen LogP contribution >= 0.6 is 24.0 Å². The van der Waals surface area contributed by atoms with Crippen LogP contribution in [0.2, 0.25) is 0 Å². The quantitative estimate of drug-likeness (QED) is 0.788. The summed E-state index contributed by atoms with van der Waals surface area (Å²) in [5, 5.41) is 1.90. The zero-order chi connectivity index (χ0) is 12.5. The molecule has 0 saturated carbocycles. The lowest BCUT2D eigenvalue weighted by Gasteiger charge is -2.29. The smallest absolute Gasteiger partial charge is 0.268 e. The first kappa shape index (κ1) is 11.8. The lowest BCUT2D eigenvalue weighted by Crippen LogP contribution is -2.34. The first-order chi connectivity index (χ1) is 8.75. The highest BCUT2D eigenvalue weighted by atomic mass is 32.1. The largest absolute Gasteiger partial charge is 0.307 e. The van der Waals surface area contributed by atoms with Gasteiger partial charge in [0.1, 0.15) is 0 Å². The van der Waals surface area contributed by atoms with Crippen molar-refractivity contribution in [3.05, 3.63) is 46.2 Å². The van der Waals surface area contributed by atoms with E-state index in [9.17, 15) is 4.79 Å². The van der Waals surface area contributed by atoms with Crippen LogP contribution in [0.1, 0.15) is 21.7 Å². The lowest BCUT2D eigenvalue weighted by atomic mass is 10.0. The van der Waals surface area contributed by atoms with Crippen LogP contribution in [0.4, 0.5) is 5.69 Å². The van der Waals surface area contributed by atoms with Gasteiger partial charge in [0.05, 0.1) is 4.88 Å². The van der Waals surface area contributed by atoms with Crippen molar-refractivity contribution in [2.45, 2.75) is 17.7 Å². The maximum absolute atomic E-state index is 12.5. The number of hydrogen-bond donors (Lipinski definition) is 1. The molecular formula is C14H13NOS2. The predicted octanol–water partition coefficient (Wildman–Crippen LogP) is 3.63. The third-order valence-electron chi connectivity index (χ3n) is 3.15. The van der Waals surface area contributed by atoms with Crippen LogP contribution < -0.4 is 4.90 Å². The Morgan fingerprint density at radius 2 is 2.17 bits per heavy atom. The number of thiophene rings is 1. The topological polar surface area (TPSA) is 20.3 Å². The number of nitrogens with zero attached hydrogens (tertiary/aromatic N) is 1. The average molecular weight is 275 g/mol. The van der Waals surface area contributed by atoms with E-state index >= 15 is 0 Å². The number of carbonyl (C=O) groups excluding carboxylic acids is 1. The minimum absolute atomic E-state index is 0.0902. The van der Waals surface area contributed by atoms with E-state index in [1.165, 1.54) is 16.9 Å². The first-order valence-corrected chi connectivity index (χ1v) is 7.25. The van der Waals surface area contributed by atoms with Gasteiger partial charge in [-0.2, -0.15) is 0 Å². The van der Waals surface area contributed by atoms with E-state index in [-0.39, 0.29) is 5.91 Å². The molecule has 2 nitrogen and oxygen atoms in total. The van der Waals surface area contributed by atoms with Gasteiger partial charge in [-0.3, -0.25) is 4.79 Å². The number of thiol groups is 1. The van der Waals surface area contributed by atoms with E-state index in [0.29, 0.717) is 0 Å². The predicted molar refractivity (Wildman–Crippen MR) is 78.0 cm³/mol. The molecule has 1 aromatic carbocycles. The molecule has 0 saturated heterocycles. The summed E-state index contributed by atoms with van der Waals surface area (Å²) in [6.45, 7) is 0.801. The van der Waals surface area contributed by atoms with Gasteiger partial charge in [-0.15, -0.1) is 24.0 Å². The Hall–Kier alpha value is -1.26. The second-order valence-corrected chi connectivity index (χ2v) is 5.79. The van der Waals surface area contributed by atoms with Crippen LogP contribution in [0, 0.1) is 0 Å². The molecule has 4 heteroatoms. The van der Waals surface area contributed by atoms with Gasteiger partial charge in [-0.25, -0.2) is 0 Å². The van der Waals surface area contributed by atoms with Crippen molar-refractivity contribution in [3.8, 4) is 0 Å². The summed E-state index contributed by atoms with van der Waals surface area (Å²) >= 11 is 5.72. The Labute approximate surface area is 116 Å². The molecule has 1 aliphatic rings. The van der Waals surface area contributed by atoms with Crippen LogP contribution in [-0.4, -0.2) is 12.5 Å². The highest BCUT2D eigenvalue weighted by Gasteiger charge is 2.23. The Morgan fingerprint density at radius 1 is 1.33 bits per heavy atom. The molecule has 1 aliphatic heterocycles. The summed E-state index contributed by atoms with van der Waals surface area (Å²) in [7, 11) is 0. The highest BCUT2D eigenvalue weighted by molar-refractivity contribution is 7.80. The summed E-state index contributed by atoms with van der Waals surface area (Å²) in [6, 6.07) is 9.99. The van der Waals surface area contributed by atoms with Crippen molar-refractivity contribution in [2.24, 2.45) is 0 Å². The Bertz CT molecular complexity index is 591. The number of amides is 1. The molecule has 2 heterocycles. The molecule has 0 aliphatic carbocycles. The number of rotatable bonds is 1. The second kappa shape index (κ2) is 4.78. The molecule has 0 atom stereocenters. The van der Waals surface area contributed by atoms with Gasteiger partial charge in [0.25, 0.3) is 5.91 Å². The van der Waals surface area contributed by atoms with Crippen molar-refractivity contribution in [3.63, 3.8) is 0 Å². The molecule has 1 amide bonds. The molecule has 0 radical (unpaired) electrons. The van der Waals surface area contributed by atoms with Gasteiger partial charge in [-0.05, 0) is 30.5 Å². The van der Waals surface area contributed by atoms with Gasteiger partial charge in [0.2, 0.25) is 0 Å². The number of para-hydroxylation sites is 1. The maximum atomic E-state index is 12.5. The molecular weight excluding hydrogens is 262 g/mol. The monoisotopic (exact) mass is 275 g/mol. The van der Waals surface area contributed by atoms with Crippen LogP contribution in [0.15, 0.2) is 40.6 Å². The zero-order valence-electron chi connectivity index (χ0n) is 9.80. The lowest BCUT2D eigenvalue weighted by molar-refractivity contribution is 0.0989. The van der Waals surface area contributed by atoms with Gasteiger partial charge >= 0.3 is 0 Å². The number of anilines is 1. The number of fused-ring (bicyclic) bond motifs is 1. The van der Waals surface area contributed by atoms with Gasteiger partial charge in [-0.1, -0.05) is 18.2 Å². The maximum Gasteiger partial charge on any atom is 0.268 e. The van der Waals surface area contributed by atoms with Crippen LogP contribution in [0.5, 0.6) is 0 Å². The van der Waals surface area contributed by atoms with Crippen LogP contribution in [-0.2, 0) is 6.42 Å². The van der Waals surface area contributed by atoms with E-state index in [1.54, 1.807) is 0 Å². The molecule has 0 N–H and O–H groups in total. The van der Waals surface area contributed by atoms with Crippen LogP contribution in [0.3, 0.4) is 0 Å². The SMILES string of the molecule is O=C(c1cc(S)cs1)N1CCCc2ccccc21. The highest BCUT2D eigenvalue weighted by Crippen LogP contribution is 2.29. The van der Waals surface area contributed by atoms with E-state index < -0.39 is 0 Å². The molecule has 2 aromatic rings. The number of hydrogen-bond acceptors (Lipinski definition) is 3. The van der Waals surface area contributed by atoms with Crippen molar-refractivity contribution < 1.29 is 4.79 Å².